The van der Waals surface area contributed by atoms with Gasteiger partial charge in [-0.1, -0.05) is 56.3 Å². The summed E-state index contributed by atoms with van der Waals surface area (Å²) < 4.78 is 35.7. The zero-order valence-corrected chi connectivity index (χ0v) is 14.6. The molecule has 0 atom stereocenters. The molecule has 0 radical (unpaired) electrons. The molecule has 0 unspecified atom stereocenters. The predicted octanol–water partition coefficient (Wildman–Crippen LogP) is 5.51. The van der Waals surface area contributed by atoms with E-state index in [9.17, 15) is 8.78 Å². The van der Waals surface area contributed by atoms with Crippen LogP contribution in [0.5, 0.6) is 5.75 Å². The van der Waals surface area contributed by atoms with E-state index in [0.29, 0.717) is 13.2 Å². The zero-order chi connectivity index (χ0) is 16.9. The second-order valence-corrected chi connectivity index (χ2v) is 6.86. The molecule has 0 spiro atoms. The SMILES string of the molecule is CC(C)(COCc1ccccc1)c1ccc(OC(F)(F)Br)cc1. The molecule has 2 aromatic carbocycles. The Morgan fingerprint density at radius 3 is 2.13 bits per heavy atom. The Hall–Kier alpha value is -1.46. The standard InChI is InChI=1S/C18H19BrF2O2/c1-17(2,13-22-12-14-6-4-3-5-7-14)15-8-10-16(11-9-15)23-18(19,20)21/h3-11H,12-13H2,1-2H3. The molecule has 0 saturated carbocycles. The monoisotopic (exact) mass is 384 g/mol. The van der Waals surface area contributed by atoms with Gasteiger partial charge in [-0.15, -0.1) is 0 Å². The zero-order valence-electron chi connectivity index (χ0n) is 13.1. The van der Waals surface area contributed by atoms with Crippen molar-refractivity contribution in [3.8, 4) is 5.75 Å². The lowest BCUT2D eigenvalue weighted by Gasteiger charge is -2.25. The van der Waals surface area contributed by atoms with Crippen molar-refractivity contribution in [2.75, 3.05) is 6.61 Å². The maximum Gasteiger partial charge on any atom is 0.459 e. The number of rotatable bonds is 7. The van der Waals surface area contributed by atoms with E-state index in [2.05, 4.69) is 20.7 Å². The fraction of sp³-hybridized carbons (Fsp3) is 0.333. The van der Waals surface area contributed by atoms with E-state index in [1.165, 1.54) is 12.1 Å². The summed E-state index contributed by atoms with van der Waals surface area (Å²) in [6.45, 7) is 5.16. The third-order valence-corrected chi connectivity index (χ3v) is 3.61. The lowest BCUT2D eigenvalue weighted by Crippen LogP contribution is -2.24. The van der Waals surface area contributed by atoms with Crippen LogP contribution in [0.3, 0.4) is 0 Å². The van der Waals surface area contributed by atoms with Crippen molar-refractivity contribution < 1.29 is 18.3 Å². The van der Waals surface area contributed by atoms with Gasteiger partial charge >= 0.3 is 5.02 Å². The molecule has 0 aliphatic rings. The second kappa shape index (κ2) is 7.41. The molecule has 2 aromatic rings. The van der Waals surface area contributed by atoms with Crippen molar-refractivity contribution in [3.63, 3.8) is 0 Å². The molecular weight excluding hydrogens is 366 g/mol. The Morgan fingerprint density at radius 2 is 1.57 bits per heavy atom. The second-order valence-electron chi connectivity index (χ2n) is 5.93. The Kier molecular flexibility index (Phi) is 5.76. The van der Waals surface area contributed by atoms with Crippen LogP contribution in [0.25, 0.3) is 0 Å². The number of hydrogen-bond acceptors (Lipinski definition) is 2. The average molecular weight is 385 g/mol. The molecule has 0 heterocycles. The molecular formula is C18H19BrF2O2. The van der Waals surface area contributed by atoms with Gasteiger partial charge in [0, 0.05) is 21.3 Å². The third-order valence-electron chi connectivity index (χ3n) is 3.44. The van der Waals surface area contributed by atoms with Crippen LogP contribution in [0.1, 0.15) is 25.0 Å². The number of hydrogen-bond donors (Lipinski definition) is 0. The Morgan fingerprint density at radius 1 is 0.957 bits per heavy atom. The lowest BCUT2D eigenvalue weighted by molar-refractivity contribution is -0.0803. The molecule has 23 heavy (non-hydrogen) atoms. The van der Waals surface area contributed by atoms with Crippen LogP contribution in [0.2, 0.25) is 0 Å². The molecule has 0 amide bonds. The summed E-state index contributed by atoms with van der Waals surface area (Å²) in [7, 11) is 0. The Balaban J connectivity index is 1.93. The number of alkyl halides is 3. The van der Waals surface area contributed by atoms with Crippen molar-refractivity contribution in [2.45, 2.75) is 30.9 Å². The molecule has 0 N–H and O–H groups in total. The smallest absolute Gasteiger partial charge is 0.424 e. The van der Waals surface area contributed by atoms with E-state index in [-0.39, 0.29) is 11.2 Å². The van der Waals surface area contributed by atoms with Crippen LogP contribution in [0.15, 0.2) is 54.6 Å². The van der Waals surface area contributed by atoms with E-state index in [0.717, 1.165) is 11.1 Å². The first-order chi connectivity index (χ1) is 10.8. The highest BCUT2D eigenvalue weighted by Crippen LogP contribution is 2.30. The fourth-order valence-corrected chi connectivity index (χ4v) is 2.38. The van der Waals surface area contributed by atoms with Gasteiger partial charge in [0.2, 0.25) is 0 Å². The molecule has 2 nitrogen and oxygen atoms in total. The molecule has 0 aliphatic heterocycles. The highest BCUT2D eigenvalue weighted by atomic mass is 79.9. The largest absolute Gasteiger partial charge is 0.459 e. The van der Waals surface area contributed by atoms with Crippen LogP contribution >= 0.6 is 15.9 Å². The first kappa shape index (κ1) is 17.9. The summed E-state index contributed by atoms with van der Waals surface area (Å²) >= 11 is 2.15. The lowest BCUT2D eigenvalue weighted by atomic mass is 9.85. The van der Waals surface area contributed by atoms with Crippen LogP contribution in [-0.4, -0.2) is 11.6 Å². The topological polar surface area (TPSA) is 18.5 Å². The summed E-state index contributed by atoms with van der Waals surface area (Å²) in [4.78, 5) is 0. The van der Waals surface area contributed by atoms with Gasteiger partial charge in [-0.3, -0.25) is 0 Å². The molecule has 0 fully saturated rings. The molecule has 5 heteroatoms. The van der Waals surface area contributed by atoms with E-state index in [4.69, 9.17) is 4.74 Å². The maximum atomic E-state index is 12.7. The van der Waals surface area contributed by atoms with Crippen LogP contribution in [0, 0.1) is 0 Å². The molecule has 124 valence electrons. The van der Waals surface area contributed by atoms with E-state index < -0.39 is 5.02 Å². The summed E-state index contributed by atoms with van der Waals surface area (Å²) in [5.74, 6) is 0.108. The summed E-state index contributed by atoms with van der Waals surface area (Å²) in [5.41, 5.74) is 1.88. The molecule has 0 saturated heterocycles. The Bertz CT molecular complexity index is 607. The summed E-state index contributed by atoms with van der Waals surface area (Å²) in [5, 5.41) is -3.36. The van der Waals surface area contributed by atoms with Gasteiger partial charge in [-0.2, -0.15) is 8.78 Å². The van der Waals surface area contributed by atoms with Crippen molar-refractivity contribution in [3.05, 3.63) is 65.7 Å². The molecule has 0 bridgehead atoms. The van der Waals surface area contributed by atoms with E-state index >= 15 is 0 Å². The van der Waals surface area contributed by atoms with E-state index in [1.54, 1.807) is 12.1 Å². The predicted molar refractivity (Wildman–Crippen MR) is 90.1 cm³/mol. The maximum absolute atomic E-state index is 12.7. The normalized spacial score (nSPS) is 12.2. The number of halogens is 3. The summed E-state index contributed by atoms with van der Waals surface area (Å²) in [6.07, 6.45) is 0. The van der Waals surface area contributed by atoms with Crippen molar-refractivity contribution in [1.29, 1.82) is 0 Å². The van der Waals surface area contributed by atoms with Gasteiger partial charge in [0.05, 0.1) is 13.2 Å². The minimum Gasteiger partial charge on any atom is -0.424 e. The van der Waals surface area contributed by atoms with Crippen LogP contribution in [0.4, 0.5) is 8.78 Å². The number of benzene rings is 2. The van der Waals surface area contributed by atoms with Crippen molar-refractivity contribution in [1.82, 2.24) is 0 Å². The van der Waals surface area contributed by atoms with Crippen molar-refractivity contribution >= 4 is 15.9 Å². The number of ether oxygens (including phenoxy) is 2. The van der Waals surface area contributed by atoms with Gasteiger partial charge in [0.15, 0.2) is 0 Å². The highest BCUT2D eigenvalue weighted by molar-refractivity contribution is 9.09. The first-order valence-electron chi connectivity index (χ1n) is 7.24. The van der Waals surface area contributed by atoms with Gasteiger partial charge in [0.1, 0.15) is 5.75 Å². The molecule has 0 aliphatic carbocycles. The van der Waals surface area contributed by atoms with E-state index in [1.807, 2.05) is 44.2 Å². The van der Waals surface area contributed by atoms with Crippen LogP contribution in [-0.2, 0) is 16.8 Å². The molecule has 2 rings (SSSR count). The quantitative estimate of drug-likeness (QED) is 0.586. The molecule has 0 aromatic heterocycles. The highest BCUT2D eigenvalue weighted by Gasteiger charge is 2.27. The summed E-state index contributed by atoms with van der Waals surface area (Å²) in [6, 6.07) is 16.6. The third kappa shape index (κ3) is 5.92. The minimum atomic E-state index is -3.36. The first-order valence-corrected chi connectivity index (χ1v) is 8.03. The van der Waals surface area contributed by atoms with Gasteiger partial charge in [0.25, 0.3) is 0 Å². The fourth-order valence-electron chi connectivity index (χ4n) is 2.19. The van der Waals surface area contributed by atoms with Gasteiger partial charge < -0.3 is 9.47 Å². The van der Waals surface area contributed by atoms with Gasteiger partial charge in [-0.25, -0.2) is 0 Å². The Labute approximate surface area is 143 Å². The van der Waals surface area contributed by atoms with Crippen LogP contribution < -0.4 is 4.74 Å². The van der Waals surface area contributed by atoms with Gasteiger partial charge in [-0.05, 0) is 23.3 Å². The van der Waals surface area contributed by atoms with Crippen molar-refractivity contribution in [2.24, 2.45) is 0 Å². The average Bonchev–Trinajstić information content (AvgIpc) is 2.47. The minimum absolute atomic E-state index is 0.108.